The molecule has 0 heterocycles. The molecule has 0 amide bonds. The number of nitrogens with zero attached hydrogens (tertiary/aromatic N) is 2. The van der Waals surface area contributed by atoms with E-state index < -0.39 is 11.6 Å². The summed E-state index contributed by atoms with van der Waals surface area (Å²) < 4.78 is 0. The molecule has 0 fully saturated rings. The van der Waals surface area contributed by atoms with Crippen LogP contribution in [0.5, 0.6) is 0 Å². The minimum atomic E-state index is -0.929. The molecule has 0 aromatic carbocycles. The van der Waals surface area contributed by atoms with Crippen LogP contribution in [0.25, 0.3) is 0 Å². The fourth-order valence-electron chi connectivity index (χ4n) is 1.55. The van der Waals surface area contributed by atoms with Crippen molar-refractivity contribution in [1.82, 2.24) is 0 Å². The normalized spacial score (nSPS) is 9.29. The molecule has 0 spiro atoms. The van der Waals surface area contributed by atoms with Crippen molar-refractivity contribution in [3.05, 3.63) is 0 Å². The SMILES string of the molecule is N#CCCCCCCCCCC(=O)C(=O)C#N. The van der Waals surface area contributed by atoms with Gasteiger partial charge in [0.05, 0.1) is 6.07 Å². The lowest BCUT2D eigenvalue weighted by atomic mass is 10.1. The van der Waals surface area contributed by atoms with E-state index in [0.29, 0.717) is 12.8 Å². The fraction of sp³-hybridized carbons (Fsp3) is 0.692. The second-order valence-electron chi connectivity index (χ2n) is 4.00. The van der Waals surface area contributed by atoms with Crippen LogP contribution < -0.4 is 0 Å². The van der Waals surface area contributed by atoms with Gasteiger partial charge in [-0.3, -0.25) is 9.59 Å². The lowest BCUT2D eigenvalue weighted by Gasteiger charge is -1.99. The molecular weight excluding hydrogens is 216 g/mol. The number of carbonyl (C=O) groups excluding carboxylic acids is 2. The summed E-state index contributed by atoms with van der Waals surface area (Å²) in [4.78, 5) is 21.6. The Hall–Kier alpha value is -1.68. The molecule has 0 saturated heterocycles. The molecule has 0 aromatic heterocycles. The third-order valence-electron chi connectivity index (χ3n) is 2.55. The number of ketones is 2. The van der Waals surface area contributed by atoms with Gasteiger partial charge < -0.3 is 0 Å². The second kappa shape index (κ2) is 10.8. The molecule has 0 rings (SSSR count). The number of rotatable bonds is 10. The smallest absolute Gasteiger partial charge is 0.290 e. The Morgan fingerprint density at radius 2 is 1.35 bits per heavy atom. The third kappa shape index (κ3) is 9.26. The average molecular weight is 234 g/mol. The maximum atomic E-state index is 11.0. The highest BCUT2D eigenvalue weighted by molar-refractivity contribution is 6.43. The maximum absolute atomic E-state index is 11.0. The van der Waals surface area contributed by atoms with E-state index in [4.69, 9.17) is 10.5 Å². The van der Waals surface area contributed by atoms with Crippen molar-refractivity contribution in [1.29, 1.82) is 10.5 Å². The summed E-state index contributed by atoms with van der Waals surface area (Å²) in [6.45, 7) is 0. The molecule has 0 aliphatic rings. The van der Waals surface area contributed by atoms with E-state index in [0.717, 1.165) is 38.5 Å². The minimum Gasteiger partial charge on any atom is -0.290 e. The third-order valence-corrected chi connectivity index (χ3v) is 2.55. The molecule has 92 valence electrons. The predicted molar refractivity (Wildman–Crippen MR) is 62.8 cm³/mol. The van der Waals surface area contributed by atoms with Gasteiger partial charge in [0.25, 0.3) is 5.78 Å². The number of unbranched alkanes of at least 4 members (excludes halogenated alkanes) is 7. The van der Waals surface area contributed by atoms with Gasteiger partial charge in [0.1, 0.15) is 6.07 Å². The Morgan fingerprint density at radius 1 is 0.824 bits per heavy atom. The zero-order valence-corrected chi connectivity index (χ0v) is 10.1. The molecule has 0 aromatic rings. The van der Waals surface area contributed by atoms with Crippen molar-refractivity contribution in [3.8, 4) is 12.1 Å². The summed E-state index contributed by atoms with van der Waals surface area (Å²) in [5.74, 6) is -1.50. The quantitative estimate of drug-likeness (QED) is 0.330. The molecule has 0 atom stereocenters. The van der Waals surface area contributed by atoms with Crippen LogP contribution in [0.1, 0.15) is 57.8 Å². The predicted octanol–water partition coefficient (Wildman–Crippen LogP) is 2.68. The van der Waals surface area contributed by atoms with Gasteiger partial charge in [-0.2, -0.15) is 10.5 Å². The van der Waals surface area contributed by atoms with Gasteiger partial charge in [0.2, 0.25) is 5.78 Å². The van der Waals surface area contributed by atoms with E-state index in [2.05, 4.69) is 6.07 Å². The van der Waals surface area contributed by atoms with Crippen LogP contribution in [0.2, 0.25) is 0 Å². The monoisotopic (exact) mass is 234 g/mol. The van der Waals surface area contributed by atoms with Crippen LogP contribution >= 0.6 is 0 Å². The van der Waals surface area contributed by atoms with Gasteiger partial charge in [-0.15, -0.1) is 0 Å². The van der Waals surface area contributed by atoms with Crippen molar-refractivity contribution in [2.24, 2.45) is 0 Å². The van der Waals surface area contributed by atoms with Crippen molar-refractivity contribution in [2.75, 3.05) is 0 Å². The van der Waals surface area contributed by atoms with Crippen molar-refractivity contribution in [2.45, 2.75) is 57.8 Å². The van der Waals surface area contributed by atoms with Crippen molar-refractivity contribution in [3.63, 3.8) is 0 Å². The number of hydrogen-bond acceptors (Lipinski definition) is 4. The average Bonchev–Trinajstić information content (AvgIpc) is 2.35. The Labute approximate surface area is 102 Å². The van der Waals surface area contributed by atoms with E-state index in [-0.39, 0.29) is 6.42 Å². The molecule has 0 saturated carbocycles. The molecule has 17 heavy (non-hydrogen) atoms. The number of carbonyl (C=O) groups is 2. The highest BCUT2D eigenvalue weighted by Crippen LogP contribution is 2.09. The van der Waals surface area contributed by atoms with Crippen LogP contribution in [0.15, 0.2) is 0 Å². The van der Waals surface area contributed by atoms with Gasteiger partial charge in [0.15, 0.2) is 0 Å². The van der Waals surface area contributed by atoms with Crippen molar-refractivity contribution >= 4 is 11.6 Å². The lowest BCUT2D eigenvalue weighted by molar-refractivity contribution is -0.133. The highest BCUT2D eigenvalue weighted by Gasteiger charge is 2.11. The van der Waals surface area contributed by atoms with Gasteiger partial charge >= 0.3 is 0 Å². The minimum absolute atomic E-state index is 0.195. The molecule has 0 radical (unpaired) electrons. The molecular formula is C13H18N2O2. The van der Waals surface area contributed by atoms with E-state index >= 15 is 0 Å². The molecule has 4 heteroatoms. The zero-order chi connectivity index (χ0) is 12.9. The molecule has 0 unspecified atom stereocenters. The standard InChI is InChI=1S/C13H18N2O2/c14-10-8-6-4-2-1-3-5-7-9-12(16)13(17)11-15/h1-9H2. The van der Waals surface area contributed by atoms with Crippen LogP contribution in [0, 0.1) is 22.7 Å². The molecule has 4 nitrogen and oxygen atoms in total. The number of nitriles is 2. The van der Waals surface area contributed by atoms with E-state index in [1.54, 1.807) is 0 Å². The Bertz CT molecular complexity index is 323. The molecule has 0 aliphatic carbocycles. The first-order chi connectivity index (χ1) is 8.22. The summed E-state index contributed by atoms with van der Waals surface area (Å²) in [5, 5.41) is 16.5. The number of hydrogen-bond donors (Lipinski definition) is 0. The van der Waals surface area contributed by atoms with Crippen molar-refractivity contribution < 1.29 is 9.59 Å². The summed E-state index contributed by atoms with van der Waals surface area (Å²) in [6, 6.07) is 3.44. The van der Waals surface area contributed by atoms with Gasteiger partial charge in [-0.1, -0.05) is 32.1 Å². The molecule has 0 aliphatic heterocycles. The lowest BCUT2D eigenvalue weighted by Crippen LogP contribution is -2.10. The van der Waals surface area contributed by atoms with Gasteiger partial charge in [-0.05, 0) is 12.8 Å². The van der Waals surface area contributed by atoms with E-state index in [1.165, 1.54) is 6.07 Å². The first kappa shape index (κ1) is 15.3. The summed E-state index contributed by atoms with van der Waals surface area (Å²) in [5.41, 5.74) is 0. The van der Waals surface area contributed by atoms with Gasteiger partial charge in [0, 0.05) is 12.8 Å². The van der Waals surface area contributed by atoms with Crippen LogP contribution in [-0.2, 0) is 9.59 Å². The van der Waals surface area contributed by atoms with Crippen LogP contribution in [-0.4, -0.2) is 11.6 Å². The summed E-state index contributed by atoms with van der Waals surface area (Å²) in [7, 11) is 0. The topological polar surface area (TPSA) is 81.7 Å². The van der Waals surface area contributed by atoms with E-state index in [1.807, 2.05) is 0 Å². The van der Waals surface area contributed by atoms with Gasteiger partial charge in [-0.25, -0.2) is 0 Å². The first-order valence-electron chi connectivity index (χ1n) is 6.06. The first-order valence-corrected chi connectivity index (χ1v) is 6.06. The largest absolute Gasteiger partial charge is 0.297 e. The molecule has 0 bridgehead atoms. The number of Topliss-reactive ketones (excluding diaryl/α,β-unsaturated/α-hetero) is 2. The second-order valence-corrected chi connectivity index (χ2v) is 4.00. The van der Waals surface area contributed by atoms with Crippen LogP contribution in [0.3, 0.4) is 0 Å². The Balaban J connectivity index is 3.25. The van der Waals surface area contributed by atoms with Crippen LogP contribution in [0.4, 0.5) is 0 Å². The summed E-state index contributed by atoms with van der Waals surface area (Å²) in [6.07, 6.45) is 7.74. The van der Waals surface area contributed by atoms with E-state index in [9.17, 15) is 9.59 Å². The highest BCUT2D eigenvalue weighted by atomic mass is 16.2. The molecule has 0 N–H and O–H groups in total. The zero-order valence-electron chi connectivity index (χ0n) is 10.1. The summed E-state index contributed by atoms with van der Waals surface area (Å²) >= 11 is 0. The fourth-order valence-corrected chi connectivity index (χ4v) is 1.55. The Kier molecular flexibility index (Phi) is 9.76. The Morgan fingerprint density at radius 3 is 1.88 bits per heavy atom. The maximum Gasteiger partial charge on any atom is 0.297 e.